The fourth-order valence-electron chi connectivity index (χ4n) is 5.54. The molecule has 3 aliphatic rings. The van der Waals surface area contributed by atoms with Crippen LogP contribution < -0.4 is 5.32 Å². The topological polar surface area (TPSA) is 44.7 Å². The van der Waals surface area contributed by atoms with Gasteiger partial charge in [-0.15, -0.1) is 0 Å². The number of benzene rings is 1. The highest BCUT2D eigenvalue weighted by Crippen LogP contribution is 2.60. The lowest BCUT2D eigenvalue weighted by atomic mass is 9.76. The number of nitrogens with one attached hydrogen (secondary N) is 1. The van der Waals surface area contributed by atoms with E-state index in [4.69, 9.17) is 0 Å². The Hall–Kier alpha value is -1.91. The number of nitrogens with zero attached hydrogens (tertiary/aromatic N) is 2. The van der Waals surface area contributed by atoms with Crippen LogP contribution in [0, 0.1) is 17.2 Å². The van der Waals surface area contributed by atoms with Crippen molar-refractivity contribution in [1.29, 1.82) is 0 Å². The third-order valence-corrected chi connectivity index (χ3v) is 7.48. The average Bonchev–Trinajstić information content (AvgIpc) is 3.23. The Morgan fingerprint density at radius 1 is 1.33 bits per heavy atom. The molecule has 2 saturated carbocycles. The van der Waals surface area contributed by atoms with Gasteiger partial charge in [-0.1, -0.05) is 26.0 Å². The average molecular weight is 372 g/mol. The first-order valence-electron chi connectivity index (χ1n) is 10.3. The molecule has 1 aliphatic heterocycles. The molecule has 4 rings (SSSR count). The van der Waals surface area contributed by atoms with E-state index in [0.29, 0.717) is 18.1 Å². The summed E-state index contributed by atoms with van der Waals surface area (Å²) in [5.74, 6) is 0.279. The number of fused-ring (bicyclic) bond motifs is 2. The second kappa shape index (κ2) is 6.61. The standard InChI is InChI=1S/C22H30FN3O/c1-4-12-26-19(15-6-5-7-17(23)13-15)14-18(25-26)20(27)24-22(3)16-8-10-21(22,2)11-9-16/h5-7,13,16,19H,4,8-12,14H2,1-3H3,(H,24,27). The maximum atomic E-state index is 13.7. The molecule has 27 heavy (non-hydrogen) atoms. The van der Waals surface area contributed by atoms with Crippen molar-refractivity contribution >= 4 is 11.6 Å². The number of amides is 1. The minimum atomic E-state index is -0.246. The van der Waals surface area contributed by atoms with Gasteiger partial charge in [0.15, 0.2) is 0 Å². The summed E-state index contributed by atoms with van der Waals surface area (Å²) in [7, 11) is 0. The lowest BCUT2D eigenvalue weighted by Crippen LogP contribution is -2.55. The summed E-state index contributed by atoms with van der Waals surface area (Å²) in [6.45, 7) is 7.39. The number of rotatable bonds is 5. The van der Waals surface area contributed by atoms with Crippen LogP contribution >= 0.6 is 0 Å². The molecule has 0 aromatic heterocycles. The first kappa shape index (κ1) is 18.5. The Morgan fingerprint density at radius 2 is 2.07 bits per heavy atom. The first-order chi connectivity index (χ1) is 12.9. The molecule has 0 radical (unpaired) electrons. The Labute approximate surface area is 161 Å². The predicted octanol–water partition coefficient (Wildman–Crippen LogP) is 4.42. The van der Waals surface area contributed by atoms with Crippen LogP contribution in [-0.2, 0) is 4.79 Å². The summed E-state index contributed by atoms with van der Waals surface area (Å²) < 4.78 is 13.7. The number of carbonyl (C=O) groups is 1. The predicted molar refractivity (Wildman–Crippen MR) is 105 cm³/mol. The molecule has 4 nitrogen and oxygen atoms in total. The van der Waals surface area contributed by atoms with Gasteiger partial charge >= 0.3 is 0 Å². The number of hydrogen-bond donors (Lipinski definition) is 1. The summed E-state index contributed by atoms with van der Waals surface area (Å²) in [4.78, 5) is 13.1. The molecular formula is C22H30FN3O. The summed E-state index contributed by atoms with van der Waals surface area (Å²) in [6.07, 6.45) is 6.25. The fourth-order valence-corrected chi connectivity index (χ4v) is 5.54. The molecule has 1 amide bonds. The highest BCUT2D eigenvalue weighted by Gasteiger charge is 2.59. The minimum absolute atomic E-state index is 0.0440. The van der Waals surface area contributed by atoms with Crippen LogP contribution in [0.25, 0.3) is 0 Å². The molecule has 0 spiro atoms. The highest BCUT2D eigenvalue weighted by molar-refractivity contribution is 6.39. The van der Waals surface area contributed by atoms with E-state index in [1.165, 1.54) is 31.7 Å². The van der Waals surface area contributed by atoms with Crippen LogP contribution in [0.5, 0.6) is 0 Å². The normalized spacial score (nSPS) is 34.8. The Morgan fingerprint density at radius 3 is 2.67 bits per heavy atom. The summed E-state index contributed by atoms with van der Waals surface area (Å²) in [5, 5.41) is 9.98. The summed E-state index contributed by atoms with van der Waals surface area (Å²) >= 11 is 0. The molecule has 2 atom stereocenters. The lowest BCUT2D eigenvalue weighted by Gasteiger charge is -2.39. The molecule has 1 aromatic rings. The molecular weight excluding hydrogens is 341 g/mol. The lowest BCUT2D eigenvalue weighted by molar-refractivity contribution is -0.117. The number of carbonyl (C=O) groups excluding carboxylic acids is 1. The Balaban J connectivity index is 1.53. The van der Waals surface area contributed by atoms with Gasteiger partial charge in [0, 0.05) is 18.5 Å². The molecule has 146 valence electrons. The van der Waals surface area contributed by atoms with Crippen molar-refractivity contribution in [2.24, 2.45) is 16.4 Å². The quantitative estimate of drug-likeness (QED) is 0.832. The molecule has 1 heterocycles. The minimum Gasteiger partial charge on any atom is -0.345 e. The monoisotopic (exact) mass is 371 g/mol. The van der Waals surface area contributed by atoms with Gasteiger partial charge in [0.2, 0.25) is 0 Å². The molecule has 2 fully saturated rings. The number of hydrogen-bond acceptors (Lipinski definition) is 3. The molecule has 2 unspecified atom stereocenters. The van der Waals surface area contributed by atoms with E-state index < -0.39 is 0 Å². The van der Waals surface area contributed by atoms with Gasteiger partial charge < -0.3 is 5.32 Å². The van der Waals surface area contributed by atoms with E-state index in [1.807, 2.05) is 11.1 Å². The van der Waals surface area contributed by atoms with Crippen molar-refractivity contribution in [1.82, 2.24) is 10.3 Å². The molecule has 1 aromatic carbocycles. The van der Waals surface area contributed by atoms with Crippen molar-refractivity contribution in [2.45, 2.75) is 70.9 Å². The second-order valence-corrected chi connectivity index (χ2v) is 8.98. The zero-order valence-electron chi connectivity index (χ0n) is 16.6. The zero-order chi connectivity index (χ0) is 19.2. The van der Waals surface area contributed by atoms with E-state index in [0.717, 1.165) is 18.5 Å². The molecule has 1 N–H and O–H groups in total. The molecule has 2 bridgehead atoms. The van der Waals surface area contributed by atoms with Gasteiger partial charge in [0.1, 0.15) is 11.5 Å². The third-order valence-electron chi connectivity index (χ3n) is 7.48. The van der Waals surface area contributed by atoms with Crippen molar-refractivity contribution in [3.63, 3.8) is 0 Å². The van der Waals surface area contributed by atoms with Crippen LogP contribution in [0.4, 0.5) is 4.39 Å². The van der Waals surface area contributed by atoms with Crippen molar-refractivity contribution < 1.29 is 9.18 Å². The van der Waals surface area contributed by atoms with Crippen LogP contribution in [0.2, 0.25) is 0 Å². The van der Waals surface area contributed by atoms with E-state index >= 15 is 0 Å². The van der Waals surface area contributed by atoms with Gasteiger partial charge in [-0.05, 0) is 68.1 Å². The molecule has 2 aliphatic carbocycles. The third kappa shape index (κ3) is 2.95. The highest BCUT2D eigenvalue weighted by atomic mass is 19.1. The summed E-state index contributed by atoms with van der Waals surface area (Å²) in [5.41, 5.74) is 1.51. The van der Waals surface area contributed by atoms with E-state index in [2.05, 4.69) is 31.2 Å². The van der Waals surface area contributed by atoms with Gasteiger partial charge in [-0.3, -0.25) is 9.80 Å². The van der Waals surface area contributed by atoms with Crippen LogP contribution in [0.3, 0.4) is 0 Å². The van der Waals surface area contributed by atoms with Gasteiger partial charge in [-0.25, -0.2) is 4.39 Å². The van der Waals surface area contributed by atoms with Crippen molar-refractivity contribution in [2.75, 3.05) is 6.54 Å². The van der Waals surface area contributed by atoms with E-state index in [1.54, 1.807) is 12.1 Å². The van der Waals surface area contributed by atoms with Gasteiger partial charge in [-0.2, -0.15) is 5.10 Å². The SMILES string of the molecule is CCCN1N=C(C(=O)NC2(C)C3CCC2(C)CC3)CC1c1cccc(F)c1. The fraction of sp³-hybridized carbons (Fsp3) is 0.636. The van der Waals surface area contributed by atoms with E-state index in [9.17, 15) is 9.18 Å². The Kier molecular flexibility index (Phi) is 4.52. The molecule has 5 heteroatoms. The first-order valence-corrected chi connectivity index (χ1v) is 10.3. The smallest absolute Gasteiger partial charge is 0.268 e. The van der Waals surface area contributed by atoms with E-state index in [-0.39, 0.29) is 28.7 Å². The molecule has 0 saturated heterocycles. The van der Waals surface area contributed by atoms with Crippen molar-refractivity contribution in [3.8, 4) is 0 Å². The number of hydrazone groups is 1. The largest absolute Gasteiger partial charge is 0.345 e. The Bertz CT molecular complexity index is 769. The maximum Gasteiger partial charge on any atom is 0.268 e. The van der Waals surface area contributed by atoms with Crippen LogP contribution in [0.1, 0.15) is 70.9 Å². The van der Waals surface area contributed by atoms with Gasteiger partial charge in [0.05, 0.1) is 6.04 Å². The second-order valence-electron chi connectivity index (χ2n) is 8.98. The van der Waals surface area contributed by atoms with Gasteiger partial charge in [0.25, 0.3) is 5.91 Å². The van der Waals surface area contributed by atoms with Crippen LogP contribution in [0.15, 0.2) is 29.4 Å². The maximum absolute atomic E-state index is 13.7. The summed E-state index contributed by atoms with van der Waals surface area (Å²) in [6, 6.07) is 6.60. The van der Waals surface area contributed by atoms with Crippen molar-refractivity contribution in [3.05, 3.63) is 35.6 Å². The van der Waals surface area contributed by atoms with Crippen LogP contribution in [-0.4, -0.2) is 28.7 Å². The number of halogens is 1. The zero-order valence-corrected chi connectivity index (χ0v) is 16.6.